The Labute approximate surface area is 186 Å². The molecule has 1 aromatic carbocycles. The molecule has 0 amide bonds. The molecule has 0 bridgehead atoms. The molecule has 1 aromatic rings. The van der Waals surface area contributed by atoms with Crippen molar-refractivity contribution in [2.45, 2.75) is 44.9 Å². The molecule has 1 aliphatic carbocycles. The topological polar surface area (TPSA) is 39.7 Å². The summed E-state index contributed by atoms with van der Waals surface area (Å²) in [6, 6.07) is 7.04. The summed E-state index contributed by atoms with van der Waals surface area (Å²) in [7, 11) is 1.82. The second-order valence-corrected chi connectivity index (χ2v) is 8.76. The maximum absolute atomic E-state index is 13.6. The van der Waals surface area contributed by atoms with Crippen LogP contribution in [0.25, 0.3) is 0 Å². The first-order valence-electron chi connectivity index (χ1n) is 10.4. The van der Waals surface area contributed by atoms with Crippen LogP contribution in [-0.2, 0) is 5.41 Å². The first-order valence-corrected chi connectivity index (χ1v) is 10.4. The highest BCUT2D eigenvalue weighted by atomic mass is 127. The summed E-state index contributed by atoms with van der Waals surface area (Å²) in [5.41, 5.74) is 1.17. The molecule has 6 heteroatoms. The smallest absolute Gasteiger partial charge is 0.191 e. The lowest BCUT2D eigenvalue weighted by atomic mass is 9.96. The predicted octanol–water partition coefficient (Wildman–Crippen LogP) is 4.01. The van der Waals surface area contributed by atoms with Crippen molar-refractivity contribution in [3.8, 4) is 0 Å². The zero-order valence-electron chi connectivity index (χ0n) is 17.5. The number of piperidine rings is 1. The Balaban J connectivity index is 0.00000280. The number of halogens is 2. The average Bonchev–Trinajstić information content (AvgIpc) is 3.43. The van der Waals surface area contributed by atoms with E-state index < -0.39 is 0 Å². The third-order valence-corrected chi connectivity index (χ3v) is 5.89. The lowest BCUT2D eigenvalue weighted by molar-refractivity contribution is 0.159. The van der Waals surface area contributed by atoms with Gasteiger partial charge in [-0.1, -0.05) is 26.0 Å². The van der Waals surface area contributed by atoms with Crippen molar-refractivity contribution in [1.82, 2.24) is 15.5 Å². The fourth-order valence-corrected chi connectivity index (χ4v) is 4.25. The molecule has 1 saturated carbocycles. The van der Waals surface area contributed by atoms with Gasteiger partial charge in [0.25, 0.3) is 0 Å². The average molecular weight is 502 g/mol. The number of nitrogens with one attached hydrogen (secondary N) is 2. The summed E-state index contributed by atoms with van der Waals surface area (Å²) in [5, 5.41) is 6.99. The van der Waals surface area contributed by atoms with Gasteiger partial charge >= 0.3 is 0 Å². The van der Waals surface area contributed by atoms with E-state index in [0.717, 1.165) is 43.4 Å². The minimum absolute atomic E-state index is 0. The van der Waals surface area contributed by atoms with Crippen LogP contribution >= 0.6 is 24.0 Å². The lowest BCUT2D eigenvalue weighted by Crippen LogP contribution is -2.46. The van der Waals surface area contributed by atoms with Crippen molar-refractivity contribution in [2.24, 2.45) is 16.8 Å². The van der Waals surface area contributed by atoms with Crippen molar-refractivity contribution < 1.29 is 4.39 Å². The molecule has 1 saturated heterocycles. The summed E-state index contributed by atoms with van der Waals surface area (Å²) < 4.78 is 13.6. The normalized spacial score (nSPS) is 21.9. The molecule has 1 aliphatic heterocycles. The van der Waals surface area contributed by atoms with Gasteiger partial charge in [-0.15, -0.1) is 24.0 Å². The number of hydrogen-bond acceptors (Lipinski definition) is 2. The summed E-state index contributed by atoms with van der Waals surface area (Å²) in [4.78, 5) is 6.99. The molecule has 28 heavy (non-hydrogen) atoms. The second kappa shape index (κ2) is 10.8. The standard InChI is InChI=1S/C22H35FN4.HI/c1-17(2)14-27-11-5-6-18(15-27)13-25-21(24-3)26-16-22(9-10-22)19-7-4-8-20(23)12-19;/h4,7-8,12,17-18H,5-6,9-11,13-16H2,1-3H3,(H2,24,25,26);1H. The van der Waals surface area contributed by atoms with Crippen molar-refractivity contribution in [2.75, 3.05) is 39.8 Å². The number of nitrogens with zero attached hydrogens (tertiary/aromatic N) is 2. The summed E-state index contributed by atoms with van der Waals surface area (Å²) in [6.07, 6.45) is 4.78. The second-order valence-electron chi connectivity index (χ2n) is 8.76. The minimum Gasteiger partial charge on any atom is -0.356 e. The van der Waals surface area contributed by atoms with Gasteiger partial charge in [0.2, 0.25) is 0 Å². The van der Waals surface area contributed by atoms with E-state index in [9.17, 15) is 4.39 Å². The zero-order valence-corrected chi connectivity index (χ0v) is 19.8. The number of benzene rings is 1. The molecule has 4 nitrogen and oxygen atoms in total. The maximum Gasteiger partial charge on any atom is 0.191 e. The fourth-order valence-electron chi connectivity index (χ4n) is 4.25. The van der Waals surface area contributed by atoms with Crippen LogP contribution in [0.5, 0.6) is 0 Å². The van der Waals surface area contributed by atoms with Crippen LogP contribution < -0.4 is 10.6 Å². The molecular formula is C22H36FIN4. The van der Waals surface area contributed by atoms with E-state index in [1.807, 2.05) is 19.2 Å². The Kier molecular flexibility index (Phi) is 8.99. The van der Waals surface area contributed by atoms with Gasteiger partial charge < -0.3 is 15.5 Å². The van der Waals surface area contributed by atoms with E-state index in [0.29, 0.717) is 5.92 Å². The number of hydrogen-bond donors (Lipinski definition) is 2. The molecule has 0 aromatic heterocycles. The quantitative estimate of drug-likeness (QED) is 0.337. The zero-order chi connectivity index (χ0) is 19.3. The van der Waals surface area contributed by atoms with E-state index in [2.05, 4.69) is 34.4 Å². The maximum atomic E-state index is 13.6. The first kappa shape index (κ1) is 23.4. The molecule has 2 fully saturated rings. The van der Waals surface area contributed by atoms with Crippen LogP contribution in [0.2, 0.25) is 0 Å². The number of rotatable bonds is 7. The van der Waals surface area contributed by atoms with E-state index in [-0.39, 0.29) is 35.2 Å². The van der Waals surface area contributed by atoms with E-state index in [4.69, 9.17) is 0 Å². The summed E-state index contributed by atoms with van der Waals surface area (Å²) >= 11 is 0. The van der Waals surface area contributed by atoms with Gasteiger partial charge in [0.15, 0.2) is 5.96 Å². The van der Waals surface area contributed by atoms with Crippen LogP contribution in [0, 0.1) is 17.7 Å². The molecule has 2 aliphatic rings. The van der Waals surface area contributed by atoms with Crippen molar-refractivity contribution in [1.29, 1.82) is 0 Å². The van der Waals surface area contributed by atoms with Crippen molar-refractivity contribution >= 4 is 29.9 Å². The van der Waals surface area contributed by atoms with Gasteiger partial charge in [0, 0.05) is 38.6 Å². The third-order valence-electron chi connectivity index (χ3n) is 5.89. The molecule has 0 spiro atoms. The molecule has 1 heterocycles. The SMILES string of the molecule is CN=C(NCC1CCCN(CC(C)C)C1)NCC1(c2cccc(F)c2)CC1.I. The Hall–Kier alpha value is -0.890. The van der Waals surface area contributed by atoms with Gasteiger partial charge in [-0.3, -0.25) is 4.99 Å². The number of likely N-dealkylation sites (tertiary alicyclic amines) is 1. The van der Waals surface area contributed by atoms with E-state index in [1.54, 1.807) is 6.07 Å². The van der Waals surface area contributed by atoms with Gasteiger partial charge in [0.1, 0.15) is 5.82 Å². The first-order chi connectivity index (χ1) is 13.0. The molecule has 3 rings (SSSR count). The molecular weight excluding hydrogens is 466 g/mol. The van der Waals surface area contributed by atoms with Crippen LogP contribution in [0.1, 0.15) is 45.1 Å². The molecule has 0 radical (unpaired) electrons. The fraction of sp³-hybridized carbons (Fsp3) is 0.682. The summed E-state index contributed by atoms with van der Waals surface area (Å²) in [6.45, 7) is 9.95. The monoisotopic (exact) mass is 502 g/mol. The number of guanidine groups is 1. The highest BCUT2D eigenvalue weighted by Gasteiger charge is 2.44. The van der Waals surface area contributed by atoms with Crippen LogP contribution in [0.3, 0.4) is 0 Å². The van der Waals surface area contributed by atoms with Gasteiger partial charge in [-0.05, 0) is 61.8 Å². The highest BCUT2D eigenvalue weighted by Crippen LogP contribution is 2.47. The molecule has 2 N–H and O–H groups in total. The van der Waals surface area contributed by atoms with Gasteiger partial charge in [-0.25, -0.2) is 4.39 Å². The highest BCUT2D eigenvalue weighted by molar-refractivity contribution is 14.0. The lowest BCUT2D eigenvalue weighted by Gasteiger charge is -2.34. The van der Waals surface area contributed by atoms with Gasteiger partial charge in [0.05, 0.1) is 0 Å². The largest absolute Gasteiger partial charge is 0.356 e. The minimum atomic E-state index is -0.149. The predicted molar refractivity (Wildman–Crippen MR) is 126 cm³/mol. The summed E-state index contributed by atoms with van der Waals surface area (Å²) in [5.74, 6) is 2.11. The van der Waals surface area contributed by atoms with Crippen molar-refractivity contribution in [3.05, 3.63) is 35.6 Å². The van der Waals surface area contributed by atoms with E-state index in [1.165, 1.54) is 38.5 Å². The van der Waals surface area contributed by atoms with Crippen LogP contribution in [-0.4, -0.2) is 50.6 Å². The van der Waals surface area contributed by atoms with Gasteiger partial charge in [-0.2, -0.15) is 0 Å². The van der Waals surface area contributed by atoms with E-state index >= 15 is 0 Å². The Morgan fingerprint density at radius 2 is 2.11 bits per heavy atom. The number of aliphatic imine (C=N–C) groups is 1. The Bertz CT molecular complexity index is 645. The Morgan fingerprint density at radius 3 is 2.75 bits per heavy atom. The molecule has 158 valence electrons. The van der Waals surface area contributed by atoms with Crippen LogP contribution in [0.4, 0.5) is 4.39 Å². The molecule has 1 unspecified atom stereocenters. The van der Waals surface area contributed by atoms with Crippen molar-refractivity contribution in [3.63, 3.8) is 0 Å². The van der Waals surface area contributed by atoms with Crippen LogP contribution in [0.15, 0.2) is 29.3 Å². The Morgan fingerprint density at radius 1 is 1.32 bits per heavy atom. The third kappa shape index (κ3) is 6.58. The molecule has 1 atom stereocenters.